The van der Waals surface area contributed by atoms with Gasteiger partial charge in [-0.15, -0.1) is 0 Å². The Morgan fingerprint density at radius 2 is 1.84 bits per heavy atom. The van der Waals surface area contributed by atoms with Crippen LogP contribution in [-0.2, 0) is 30.7 Å². The maximum absolute atomic E-state index is 14.9. The van der Waals surface area contributed by atoms with Crippen molar-refractivity contribution < 1.29 is 49.8 Å². The van der Waals surface area contributed by atoms with Crippen LogP contribution in [0.1, 0.15) is 39.8 Å². The summed E-state index contributed by atoms with van der Waals surface area (Å²) in [6.07, 6.45) is -6.16. The van der Waals surface area contributed by atoms with E-state index in [0.29, 0.717) is 24.0 Å². The predicted molar refractivity (Wildman–Crippen MR) is 180 cm³/mol. The molecule has 11 nitrogen and oxygen atoms in total. The van der Waals surface area contributed by atoms with E-state index in [1.54, 1.807) is 32.9 Å². The molecule has 4 rings (SSSR count). The lowest BCUT2D eigenvalue weighted by atomic mass is 10.0. The lowest BCUT2D eigenvalue weighted by Crippen LogP contribution is -2.46. The zero-order valence-electron chi connectivity index (χ0n) is 28.6. The molecule has 1 aromatic heterocycles. The molecule has 2 heterocycles. The van der Waals surface area contributed by atoms with Crippen LogP contribution in [0.4, 0.5) is 33.7 Å². The number of nitrogens with one attached hydrogen (secondary N) is 1. The first-order chi connectivity index (χ1) is 23.3. The highest BCUT2D eigenvalue weighted by Crippen LogP contribution is 2.34. The number of benzene rings is 2. The Morgan fingerprint density at radius 3 is 2.46 bits per heavy atom. The molecule has 3 aromatic rings. The van der Waals surface area contributed by atoms with Gasteiger partial charge in [0.2, 0.25) is 9.84 Å². The van der Waals surface area contributed by atoms with Crippen LogP contribution in [0.2, 0.25) is 0 Å². The van der Waals surface area contributed by atoms with Crippen LogP contribution in [0.25, 0.3) is 10.9 Å². The van der Waals surface area contributed by atoms with Crippen LogP contribution in [0, 0.1) is 11.8 Å². The highest BCUT2D eigenvalue weighted by Gasteiger charge is 2.32. The van der Waals surface area contributed by atoms with Gasteiger partial charge >= 0.3 is 18.2 Å². The summed E-state index contributed by atoms with van der Waals surface area (Å²) < 4.78 is 98.4. The van der Waals surface area contributed by atoms with Crippen LogP contribution in [0.5, 0.6) is 5.75 Å². The molecule has 1 aliphatic rings. The van der Waals surface area contributed by atoms with Gasteiger partial charge in [-0.25, -0.2) is 17.6 Å². The van der Waals surface area contributed by atoms with Gasteiger partial charge in [0.05, 0.1) is 41.5 Å². The van der Waals surface area contributed by atoms with E-state index in [4.69, 9.17) is 9.47 Å². The Bertz CT molecular complexity index is 1890. The number of amides is 1. The molecular formula is C34H40F4N4O7S. The van der Waals surface area contributed by atoms with Gasteiger partial charge in [0, 0.05) is 37.2 Å². The second-order valence-corrected chi connectivity index (χ2v) is 14.8. The van der Waals surface area contributed by atoms with E-state index < -0.39 is 64.9 Å². The molecule has 1 amide bonds. The third kappa shape index (κ3) is 9.81. The number of aromatic nitrogens is 1. The normalized spacial score (nSPS) is 17.1. The average molecular weight is 725 g/mol. The SMILES string of the molecule is COc1cc(S(=O)(=O)COC(C)=O)ccc1N(CC#Cc1cc2c(N[C@@H]3CCN(C)C[C@@H]3F)cccc2n1CC(F)(F)F)C(=O)OC(C)(C)C. The number of alkyl halides is 4. The minimum atomic E-state index is -4.60. The average Bonchev–Trinajstić information content (AvgIpc) is 3.35. The summed E-state index contributed by atoms with van der Waals surface area (Å²) in [5, 5.41) is 3.60. The standard InChI is InChI=1S/C34H40F4N4O7S/c1-22(43)48-21-50(45,46)24-12-13-30(31(18-24)47-6)41(32(44)49-33(2,3)4)15-8-9-23-17-25-27(39-28-14-16-40(5)19-26(28)35)10-7-11-29(25)42(23)20-34(36,37)38/h7,10-13,17-18,26,28,39H,14-16,19-21H2,1-6H3/t26-,28+/m0/s1. The number of nitrogens with zero attached hydrogens (tertiary/aromatic N) is 3. The first kappa shape index (κ1) is 38.3. The molecule has 50 heavy (non-hydrogen) atoms. The molecule has 1 fully saturated rings. The molecule has 2 atom stereocenters. The third-order valence-electron chi connectivity index (χ3n) is 7.65. The number of rotatable bonds is 9. The van der Waals surface area contributed by atoms with Crippen molar-refractivity contribution in [2.75, 3.05) is 49.9 Å². The Kier molecular flexibility index (Phi) is 11.6. The fourth-order valence-electron chi connectivity index (χ4n) is 5.36. The summed E-state index contributed by atoms with van der Waals surface area (Å²) in [5.41, 5.74) is -0.208. The number of methoxy groups -OCH3 is 1. The van der Waals surface area contributed by atoms with Crippen molar-refractivity contribution in [2.45, 2.75) is 69.5 Å². The number of likely N-dealkylation sites (tertiary alicyclic amines) is 1. The summed E-state index contributed by atoms with van der Waals surface area (Å²) in [6.45, 7) is 5.10. The highest BCUT2D eigenvalue weighted by atomic mass is 32.2. The molecule has 0 unspecified atom stereocenters. The molecule has 0 radical (unpaired) electrons. The molecule has 1 aliphatic heterocycles. The zero-order valence-corrected chi connectivity index (χ0v) is 29.4. The summed E-state index contributed by atoms with van der Waals surface area (Å²) in [4.78, 5) is 27.3. The molecule has 1 saturated heterocycles. The number of piperidine rings is 1. The van der Waals surface area contributed by atoms with E-state index in [1.165, 1.54) is 31.4 Å². The molecule has 0 saturated carbocycles. The summed E-state index contributed by atoms with van der Waals surface area (Å²) >= 11 is 0. The Labute approximate surface area is 288 Å². The minimum absolute atomic E-state index is 0.00485. The smallest absolute Gasteiger partial charge is 0.415 e. The van der Waals surface area contributed by atoms with E-state index in [9.17, 15) is 35.6 Å². The van der Waals surface area contributed by atoms with Crippen molar-refractivity contribution in [3.8, 4) is 17.6 Å². The van der Waals surface area contributed by atoms with Crippen molar-refractivity contribution >= 4 is 44.2 Å². The van der Waals surface area contributed by atoms with Gasteiger partial charge in [0.25, 0.3) is 0 Å². The Morgan fingerprint density at radius 1 is 1.12 bits per heavy atom. The Balaban J connectivity index is 1.74. The number of carbonyl (C=O) groups excluding carboxylic acids is 2. The number of sulfone groups is 1. The Hall–Kier alpha value is -4.49. The lowest BCUT2D eigenvalue weighted by molar-refractivity contribution is -0.140. The van der Waals surface area contributed by atoms with Gasteiger partial charge in [-0.3, -0.25) is 9.69 Å². The van der Waals surface area contributed by atoms with E-state index in [-0.39, 0.29) is 34.1 Å². The number of carbonyl (C=O) groups is 2. The topological polar surface area (TPSA) is 119 Å². The van der Waals surface area contributed by atoms with Gasteiger partial charge in [-0.2, -0.15) is 13.2 Å². The highest BCUT2D eigenvalue weighted by molar-refractivity contribution is 7.91. The predicted octanol–water partition coefficient (Wildman–Crippen LogP) is 5.75. The number of hydrogen-bond donors (Lipinski definition) is 1. The fourth-order valence-corrected chi connectivity index (χ4v) is 6.38. The van der Waals surface area contributed by atoms with Gasteiger partial charge in [-0.1, -0.05) is 12.0 Å². The molecule has 0 spiro atoms. The largest absolute Gasteiger partial charge is 0.495 e. The summed E-state index contributed by atoms with van der Waals surface area (Å²) in [5.74, 6) is 3.75. The number of esters is 1. The fraction of sp³-hybridized carbons (Fsp3) is 0.471. The van der Waals surface area contributed by atoms with Crippen molar-refractivity contribution in [1.82, 2.24) is 9.47 Å². The first-order valence-electron chi connectivity index (χ1n) is 15.6. The van der Waals surface area contributed by atoms with Crippen LogP contribution in [0.3, 0.4) is 0 Å². The monoisotopic (exact) mass is 724 g/mol. The third-order valence-corrected chi connectivity index (χ3v) is 9.05. The van der Waals surface area contributed by atoms with Crippen molar-refractivity contribution in [3.05, 3.63) is 48.2 Å². The number of halogens is 4. The van der Waals surface area contributed by atoms with Gasteiger partial charge in [0.1, 0.15) is 24.1 Å². The summed E-state index contributed by atoms with van der Waals surface area (Å²) in [6, 6.07) is 9.35. The van der Waals surface area contributed by atoms with E-state index in [1.807, 2.05) is 11.9 Å². The lowest BCUT2D eigenvalue weighted by Gasteiger charge is -2.33. The van der Waals surface area contributed by atoms with Crippen LogP contribution in [-0.4, -0.2) is 93.7 Å². The van der Waals surface area contributed by atoms with Gasteiger partial charge < -0.3 is 29.0 Å². The van der Waals surface area contributed by atoms with Crippen LogP contribution >= 0.6 is 0 Å². The molecule has 0 aliphatic carbocycles. The van der Waals surface area contributed by atoms with Crippen molar-refractivity contribution in [2.24, 2.45) is 0 Å². The number of hydrogen-bond acceptors (Lipinski definition) is 9. The van der Waals surface area contributed by atoms with Gasteiger partial charge in [-0.05, 0) is 70.5 Å². The number of ether oxygens (including phenoxy) is 3. The second kappa shape index (κ2) is 15.2. The van der Waals surface area contributed by atoms with Crippen molar-refractivity contribution in [3.63, 3.8) is 0 Å². The van der Waals surface area contributed by atoms with Crippen LogP contribution < -0.4 is 15.0 Å². The molecule has 2 aromatic carbocycles. The van der Waals surface area contributed by atoms with E-state index in [0.717, 1.165) is 22.5 Å². The van der Waals surface area contributed by atoms with E-state index >= 15 is 0 Å². The molecule has 272 valence electrons. The number of anilines is 2. The molecule has 1 N–H and O–H groups in total. The van der Waals surface area contributed by atoms with Crippen LogP contribution in [0.15, 0.2) is 47.4 Å². The maximum Gasteiger partial charge on any atom is 0.415 e. The quantitative estimate of drug-likeness (QED) is 0.167. The van der Waals surface area contributed by atoms with Gasteiger partial charge in [0.15, 0.2) is 5.94 Å². The molecular weight excluding hydrogens is 684 g/mol. The maximum atomic E-state index is 14.9. The second-order valence-electron chi connectivity index (χ2n) is 12.9. The first-order valence-corrected chi connectivity index (χ1v) is 17.2. The molecule has 16 heteroatoms. The van der Waals surface area contributed by atoms with E-state index in [2.05, 4.69) is 21.9 Å². The summed E-state index contributed by atoms with van der Waals surface area (Å²) in [7, 11) is -1.03. The zero-order chi connectivity index (χ0) is 37.0. The van der Waals surface area contributed by atoms with Crippen molar-refractivity contribution in [1.29, 1.82) is 0 Å². The number of fused-ring (bicyclic) bond motifs is 1. The molecule has 0 bridgehead atoms. The minimum Gasteiger partial charge on any atom is -0.495 e.